The summed E-state index contributed by atoms with van der Waals surface area (Å²) in [6.07, 6.45) is -15.7. The Morgan fingerprint density at radius 1 is 0.583 bits per heavy atom. The largest absolute Gasteiger partial charge is 0.418 e. The number of aliphatic hydroxyl groups is 2. The first kappa shape index (κ1) is 18.3. The first-order valence-electron chi connectivity index (χ1n) is 6.71. The van der Waals surface area contributed by atoms with E-state index in [9.17, 15) is 36.6 Å². The van der Waals surface area contributed by atoms with Gasteiger partial charge in [0.1, 0.15) is 0 Å². The van der Waals surface area contributed by atoms with Crippen molar-refractivity contribution in [2.75, 3.05) is 0 Å². The van der Waals surface area contributed by atoms with E-state index in [0.717, 1.165) is 24.3 Å². The van der Waals surface area contributed by atoms with Gasteiger partial charge in [-0.3, -0.25) is 0 Å². The Balaban J connectivity index is 2.63. The molecule has 2 N–H and O–H groups in total. The smallest absolute Gasteiger partial charge is 0.379 e. The van der Waals surface area contributed by atoms with Gasteiger partial charge in [-0.15, -0.1) is 0 Å². The van der Waals surface area contributed by atoms with E-state index in [1.807, 2.05) is 0 Å². The number of hydrogen-bond acceptors (Lipinski definition) is 2. The summed E-state index contributed by atoms with van der Waals surface area (Å²) in [5.41, 5.74) is -1.65. The highest BCUT2D eigenvalue weighted by Gasteiger charge is 2.42. The average Bonchev–Trinajstić information content (AvgIpc) is 2.51. The van der Waals surface area contributed by atoms with Gasteiger partial charge in [-0.2, -0.15) is 26.3 Å². The molecule has 8 heteroatoms. The predicted molar refractivity (Wildman–Crippen MR) is 73.9 cm³/mol. The van der Waals surface area contributed by atoms with Crippen molar-refractivity contribution in [1.29, 1.82) is 0 Å². The Bertz CT molecular complexity index is 647. The molecule has 2 aromatic rings. The molecular weight excluding hydrogens is 338 g/mol. The van der Waals surface area contributed by atoms with E-state index < -0.39 is 35.7 Å². The van der Waals surface area contributed by atoms with Crippen LogP contribution < -0.4 is 0 Å². The highest BCUT2D eigenvalue weighted by Crippen LogP contribution is 2.42. The Morgan fingerprint density at radius 2 is 0.875 bits per heavy atom. The van der Waals surface area contributed by atoms with Crippen LogP contribution in [0.25, 0.3) is 11.1 Å². The lowest BCUT2D eigenvalue weighted by molar-refractivity contribution is -0.207. The second kappa shape index (κ2) is 6.45. The topological polar surface area (TPSA) is 40.5 Å². The van der Waals surface area contributed by atoms with Crippen LogP contribution in [0.5, 0.6) is 0 Å². The van der Waals surface area contributed by atoms with Gasteiger partial charge in [0, 0.05) is 0 Å². The van der Waals surface area contributed by atoms with E-state index in [2.05, 4.69) is 0 Å². The van der Waals surface area contributed by atoms with Gasteiger partial charge in [0.15, 0.2) is 12.2 Å². The van der Waals surface area contributed by atoms with Gasteiger partial charge in [-0.25, -0.2) is 0 Å². The summed E-state index contributed by atoms with van der Waals surface area (Å²) in [5.74, 6) is 0. The van der Waals surface area contributed by atoms with E-state index in [4.69, 9.17) is 0 Å². The summed E-state index contributed by atoms with van der Waals surface area (Å²) < 4.78 is 76.8. The molecule has 0 heterocycles. The van der Waals surface area contributed by atoms with E-state index in [1.54, 1.807) is 0 Å². The molecule has 0 spiro atoms. The molecule has 0 saturated heterocycles. The third-order valence-electron chi connectivity index (χ3n) is 3.42. The summed E-state index contributed by atoms with van der Waals surface area (Å²) in [6.45, 7) is 0. The minimum atomic E-state index is -4.98. The fourth-order valence-electron chi connectivity index (χ4n) is 2.31. The summed E-state index contributed by atoms with van der Waals surface area (Å²) in [7, 11) is 0. The number of hydrogen-bond donors (Lipinski definition) is 2. The molecule has 2 atom stereocenters. The minimum Gasteiger partial charge on any atom is -0.379 e. The van der Waals surface area contributed by atoms with Crippen LogP contribution >= 0.6 is 0 Å². The second-order valence-electron chi connectivity index (χ2n) is 5.06. The van der Waals surface area contributed by atoms with Gasteiger partial charge in [0.25, 0.3) is 0 Å². The number of alkyl halides is 6. The van der Waals surface area contributed by atoms with Gasteiger partial charge < -0.3 is 10.2 Å². The van der Waals surface area contributed by atoms with Crippen LogP contribution in [0, 0.1) is 0 Å². The van der Waals surface area contributed by atoms with E-state index in [-0.39, 0.29) is 11.1 Å². The summed E-state index contributed by atoms with van der Waals surface area (Å²) >= 11 is 0. The van der Waals surface area contributed by atoms with E-state index in [0.29, 0.717) is 0 Å². The highest BCUT2D eigenvalue weighted by molar-refractivity contribution is 5.71. The fourth-order valence-corrected chi connectivity index (χ4v) is 2.31. The van der Waals surface area contributed by atoms with Crippen LogP contribution in [0.1, 0.15) is 23.3 Å². The molecule has 0 aromatic heterocycles. The zero-order chi connectivity index (χ0) is 18.1. The van der Waals surface area contributed by atoms with Crippen LogP contribution in [-0.4, -0.2) is 22.6 Å². The van der Waals surface area contributed by atoms with Crippen LogP contribution in [0.3, 0.4) is 0 Å². The molecule has 2 aromatic carbocycles. The Morgan fingerprint density at radius 3 is 1.17 bits per heavy atom. The summed E-state index contributed by atoms with van der Waals surface area (Å²) in [6, 6.07) is 9.40. The van der Waals surface area contributed by atoms with Gasteiger partial charge in [-0.1, -0.05) is 48.5 Å². The van der Waals surface area contributed by atoms with Crippen molar-refractivity contribution in [1.82, 2.24) is 0 Å². The molecule has 130 valence electrons. The van der Waals surface area contributed by atoms with Crippen molar-refractivity contribution in [3.63, 3.8) is 0 Å². The van der Waals surface area contributed by atoms with Gasteiger partial charge in [-0.05, 0) is 22.3 Å². The number of halogens is 6. The summed E-state index contributed by atoms with van der Waals surface area (Å²) in [4.78, 5) is 0. The molecule has 0 fully saturated rings. The highest BCUT2D eigenvalue weighted by atomic mass is 19.4. The zero-order valence-electron chi connectivity index (χ0n) is 11.9. The van der Waals surface area contributed by atoms with Crippen LogP contribution in [0.2, 0.25) is 0 Å². The fraction of sp³-hybridized carbons (Fsp3) is 0.250. The molecule has 0 amide bonds. The minimum absolute atomic E-state index is 0.235. The van der Waals surface area contributed by atoms with Crippen molar-refractivity contribution in [3.8, 4) is 11.1 Å². The number of benzene rings is 2. The molecule has 2 rings (SSSR count). The van der Waals surface area contributed by atoms with E-state index >= 15 is 0 Å². The van der Waals surface area contributed by atoms with Crippen molar-refractivity contribution in [2.24, 2.45) is 0 Å². The van der Waals surface area contributed by atoms with Crippen LogP contribution in [-0.2, 0) is 0 Å². The third kappa shape index (κ3) is 3.70. The molecule has 0 aliphatic heterocycles. The van der Waals surface area contributed by atoms with E-state index in [1.165, 1.54) is 24.3 Å². The lowest BCUT2D eigenvalue weighted by atomic mass is 9.90. The second-order valence-corrected chi connectivity index (χ2v) is 5.06. The van der Waals surface area contributed by atoms with Crippen LogP contribution in [0.4, 0.5) is 26.3 Å². The monoisotopic (exact) mass is 350 g/mol. The SMILES string of the molecule is O[C@H](c1ccccc1-c1ccccc1[C@H](O)C(F)(F)F)C(F)(F)F. The molecule has 0 unspecified atom stereocenters. The lowest BCUT2D eigenvalue weighted by Crippen LogP contribution is -2.22. The molecule has 0 saturated carbocycles. The molecule has 24 heavy (non-hydrogen) atoms. The van der Waals surface area contributed by atoms with Gasteiger partial charge in [0.05, 0.1) is 0 Å². The number of aliphatic hydroxyl groups excluding tert-OH is 2. The molecule has 0 aliphatic carbocycles. The van der Waals surface area contributed by atoms with Crippen molar-refractivity contribution in [2.45, 2.75) is 24.6 Å². The lowest BCUT2D eigenvalue weighted by Gasteiger charge is -2.22. The molecule has 0 aliphatic rings. The standard InChI is InChI=1S/C16H12F6O2/c17-15(18,19)13(23)11-7-3-1-5-9(11)10-6-2-4-8-12(10)14(24)16(20,21)22/h1-8,13-14,23-24H/t13-,14+. The molecule has 2 nitrogen and oxygen atoms in total. The Labute approximate surface area is 133 Å². The van der Waals surface area contributed by atoms with Crippen molar-refractivity contribution < 1.29 is 36.6 Å². The Kier molecular flexibility index (Phi) is 4.91. The maximum atomic E-state index is 12.8. The summed E-state index contributed by atoms with van der Waals surface area (Å²) in [5, 5.41) is 19.0. The Hall–Kier alpha value is -2.06. The molecule has 0 radical (unpaired) electrons. The van der Waals surface area contributed by atoms with Crippen molar-refractivity contribution >= 4 is 0 Å². The molecule has 0 bridgehead atoms. The van der Waals surface area contributed by atoms with Crippen LogP contribution in [0.15, 0.2) is 48.5 Å². The van der Waals surface area contributed by atoms with Gasteiger partial charge >= 0.3 is 12.4 Å². The molecular formula is C16H12F6O2. The normalized spacial score (nSPS) is 15.2. The number of rotatable bonds is 3. The average molecular weight is 350 g/mol. The third-order valence-corrected chi connectivity index (χ3v) is 3.42. The van der Waals surface area contributed by atoms with Gasteiger partial charge in [0.2, 0.25) is 0 Å². The first-order chi connectivity index (χ1) is 11.0. The quantitative estimate of drug-likeness (QED) is 0.798. The zero-order valence-corrected chi connectivity index (χ0v) is 11.9. The first-order valence-corrected chi connectivity index (χ1v) is 6.71. The van der Waals surface area contributed by atoms with Crippen molar-refractivity contribution in [3.05, 3.63) is 59.7 Å². The maximum Gasteiger partial charge on any atom is 0.418 e. The predicted octanol–water partition coefficient (Wildman–Crippen LogP) is 4.55. The maximum absolute atomic E-state index is 12.8.